The first-order chi connectivity index (χ1) is 23.7. The zero-order valence-corrected chi connectivity index (χ0v) is 31.6. The topological polar surface area (TPSA) is 237 Å². The monoisotopic (exact) mass is 764 g/mol. The number of ether oxygens (including phenoxy) is 4. The van der Waals surface area contributed by atoms with Gasteiger partial charge in [-0.15, -0.1) is 0 Å². The lowest BCUT2D eigenvalue weighted by atomic mass is 10.2. The molecule has 5 atom stereocenters. The molecule has 0 aromatic rings. The fourth-order valence-electron chi connectivity index (χ4n) is 3.82. The van der Waals surface area contributed by atoms with Crippen molar-refractivity contribution in [3.8, 4) is 0 Å². The molecule has 0 saturated carbocycles. The molecule has 0 spiro atoms. The number of aliphatic hydroxyl groups is 1. The number of aliphatic hydroxyl groups excluding tert-OH is 1. The van der Waals surface area contributed by atoms with E-state index in [4.69, 9.17) is 37.0 Å². The lowest BCUT2D eigenvalue weighted by Gasteiger charge is -2.21. The standard InChI is InChI=1S/C31H58O17P2/c1-5-9-12-14-17-29(34)42-21-26(47-30(35)15-8-4)23-45-49(37,38)43-19-25(32)20-44-50(39,40)46-24-27(22-41-28(33)16-11-7-3)48-31(36)18-13-10-6-2/h25-27,32H,5-24H2,1-4H3,(H,37,38)(H,39,40)/t25-,26-,27-/m1/s1. The van der Waals surface area contributed by atoms with E-state index in [0.29, 0.717) is 25.7 Å². The van der Waals surface area contributed by atoms with Gasteiger partial charge in [-0.1, -0.05) is 66.2 Å². The Labute approximate surface area is 295 Å². The van der Waals surface area contributed by atoms with Crippen LogP contribution in [0.3, 0.4) is 0 Å². The third-order valence-electron chi connectivity index (χ3n) is 6.57. The number of hydrogen-bond donors (Lipinski definition) is 3. The van der Waals surface area contributed by atoms with Gasteiger partial charge in [-0.05, 0) is 25.7 Å². The number of phosphoric acid groups is 2. The SMILES string of the molecule is CCCCCCC(=O)OC[C@H](COP(=O)(O)OC[C@@H](O)COP(=O)(O)OC[C@@H](COC(=O)CCCC)OC(=O)CCCCC)OC(=O)CCC. The maximum absolute atomic E-state index is 12.4. The van der Waals surface area contributed by atoms with Crippen molar-refractivity contribution in [3.63, 3.8) is 0 Å². The van der Waals surface area contributed by atoms with Crippen LogP contribution in [0.4, 0.5) is 0 Å². The highest BCUT2D eigenvalue weighted by molar-refractivity contribution is 7.47. The number of phosphoric ester groups is 2. The predicted octanol–water partition coefficient (Wildman–Crippen LogP) is 5.07. The summed E-state index contributed by atoms with van der Waals surface area (Å²) in [5.41, 5.74) is 0. The molecule has 0 rings (SSSR count). The third-order valence-corrected chi connectivity index (χ3v) is 8.47. The van der Waals surface area contributed by atoms with Crippen LogP contribution in [-0.4, -0.2) is 96.7 Å². The molecule has 0 radical (unpaired) electrons. The molecule has 3 N–H and O–H groups in total. The van der Waals surface area contributed by atoms with E-state index in [0.717, 1.165) is 38.5 Å². The first-order valence-corrected chi connectivity index (χ1v) is 20.3. The Morgan fingerprint density at radius 1 is 0.480 bits per heavy atom. The van der Waals surface area contributed by atoms with Crippen LogP contribution < -0.4 is 0 Å². The van der Waals surface area contributed by atoms with Gasteiger partial charge in [0.1, 0.15) is 19.3 Å². The van der Waals surface area contributed by atoms with Gasteiger partial charge >= 0.3 is 39.5 Å². The number of carbonyl (C=O) groups excluding carboxylic acids is 4. The minimum absolute atomic E-state index is 0.0523. The van der Waals surface area contributed by atoms with E-state index in [9.17, 15) is 43.2 Å². The lowest BCUT2D eigenvalue weighted by Crippen LogP contribution is -2.30. The van der Waals surface area contributed by atoms with Gasteiger partial charge < -0.3 is 33.8 Å². The molecule has 0 saturated heterocycles. The molecule has 0 aliphatic heterocycles. The van der Waals surface area contributed by atoms with Crippen molar-refractivity contribution < 1.29 is 80.2 Å². The van der Waals surface area contributed by atoms with Crippen molar-refractivity contribution in [2.45, 2.75) is 136 Å². The molecule has 0 heterocycles. The van der Waals surface area contributed by atoms with Crippen molar-refractivity contribution in [1.82, 2.24) is 0 Å². The van der Waals surface area contributed by atoms with Crippen LogP contribution in [0.15, 0.2) is 0 Å². The number of hydrogen-bond acceptors (Lipinski definition) is 15. The molecular formula is C31H58O17P2. The molecule has 50 heavy (non-hydrogen) atoms. The van der Waals surface area contributed by atoms with Crippen molar-refractivity contribution >= 4 is 39.5 Å². The maximum atomic E-state index is 12.4. The molecule has 0 amide bonds. The Morgan fingerprint density at radius 2 is 0.860 bits per heavy atom. The van der Waals surface area contributed by atoms with E-state index in [1.807, 2.05) is 20.8 Å². The normalized spacial score (nSPS) is 15.6. The van der Waals surface area contributed by atoms with E-state index in [-0.39, 0.29) is 25.7 Å². The number of carbonyl (C=O) groups is 4. The largest absolute Gasteiger partial charge is 0.472 e. The summed E-state index contributed by atoms with van der Waals surface area (Å²) in [6, 6.07) is 0. The second-order valence-corrected chi connectivity index (χ2v) is 14.4. The Hall–Kier alpha value is -1.94. The molecule has 0 aliphatic carbocycles. The van der Waals surface area contributed by atoms with Crippen LogP contribution in [0.5, 0.6) is 0 Å². The van der Waals surface area contributed by atoms with Gasteiger partial charge in [-0.2, -0.15) is 0 Å². The minimum atomic E-state index is -4.87. The van der Waals surface area contributed by atoms with Crippen LogP contribution >= 0.6 is 15.6 Å². The second kappa shape index (κ2) is 28.6. The molecule has 0 aromatic carbocycles. The van der Waals surface area contributed by atoms with E-state index >= 15 is 0 Å². The van der Waals surface area contributed by atoms with Crippen molar-refractivity contribution in [1.29, 1.82) is 0 Å². The van der Waals surface area contributed by atoms with Gasteiger partial charge in [-0.25, -0.2) is 9.13 Å². The van der Waals surface area contributed by atoms with Gasteiger partial charge in [0.15, 0.2) is 12.2 Å². The van der Waals surface area contributed by atoms with E-state index in [2.05, 4.69) is 0 Å². The fraction of sp³-hybridized carbons (Fsp3) is 0.871. The van der Waals surface area contributed by atoms with Gasteiger partial charge in [0.25, 0.3) is 0 Å². The summed E-state index contributed by atoms with van der Waals surface area (Å²) in [5, 5.41) is 10.1. The van der Waals surface area contributed by atoms with Crippen LogP contribution in [0.1, 0.15) is 118 Å². The summed E-state index contributed by atoms with van der Waals surface area (Å²) in [7, 11) is -9.74. The van der Waals surface area contributed by atoms with Crippen LogP contribution in [-0.2, 0) is 65.4 Å². The molecular weight excluding hydrogens is 706 g/mol. The third kappa shape index (κ3) is 27.7. The highest BCUT2D eigenvalue weighted by Gasteiger charge is 2.30. The summed E-state index contributed by atoms with van der Waals surface area (Å²) in [6.45, 7) is 3.62. The summed E-state index contributed by atoms with van der Waals surface area (Å²) in [6.07, 6.45) is 3.75. The van der Waals surface area contributed by atoms with Crippen molar-refractivity contribution in [3.05, 3.63) is 0 Å². The first-order valence-electron chi connectivity index (χ1n) is 17.3. The number of esters is 4. The average Bonchev–Trinajstić information content (AvgIpc) is 3.06. The van der Waals surface area contributed by atoms with E-state index in [1.54, 1.807) is 6.92 Å². The van der Waals surface area contributed by atoms with Gasteiger partial charge in [0.05, 0.1) is 26.4 Å². The van der Waals surface area contributed by atoms with Crippen molar-refractivity contribution in [2.75, 3.05) is 39.6 Å². The number of unbranched alkanes of at least 4 members (excludes halogenated alkanes) is 6. The van der Waals surface area contributed by atoms with Crippen LogP contribution in [0.2, 0.25) is 0 Å². The molecule has 17 nitrogen and oxygen atoms in total. The molecule has 2 unspecified atom stereocenters. The smallest absolute Gasteiger partial charge is 0.462 e. The minimum Gasteiger partial charge on any atom is -0.462 e. The summed E-state index contributed by atoms with van der Waals surface area (Å²) >= 11 is 0. The summed E-state index contributed by atoms with van der Waals surface area (Å²) in [4.78, 5) is 68.2. The zero-order valence-electron chi connectivity index (χ0n) is 29.8. The highest BCUT2D eigenvalue weighted by atomic mass is 31.2. The van der Waals surface area contributed by atoms with Gasteiger partial charge in [0.2, 0.25) is 0 Å². The predicted molar refractivity (Wildman–Crippen MR) is 178 cm³/mol. The van der Waals surface area contributed by atoms with Crippen LogP contribution in [0.25, 0.3) is 0 Å². The maximum Gasteiger partial charge on any atom is 0.472 e. The molecule has 19 heteroatoms. The quantitative estimate of drug-likeness (QED) is 0.0351. The molecule has 0 aromatic heterocycles. The highest BCUT2D eigenvalue weighted by Crippen LogP contribution is 2.45. The Balaban J connectivity index is 4.93. The van der Waals surface area contributed by atoms with Gasteiger partial charge in [0, 0.05) is 25.7 Å². The molecule has 294 valence electrons. The van der Waals surface area contributed by atoms with Crippen molar-refractivity contribution in [2.24, 2.45) is 0 Å². The second-order valence-electron chi connectivity index (χ2n) is 11.5. The summed E-state index contributed by atoms with van der Waals surface area (Å²) in [5.74, 6) is -2.32. The molecule has 0 bridgehead atoms. The van der Waals surface area contributed by atoms with E-state index in [1.165, 1.54) is 0 Å². The molecule has 0 aliphatic rings. The van der Waals surface area contributed by atoms with Gasteiger partial charge in [-0.3, -0.25) is 37.3 Å². The van der Waals surface area contributed by atoms with Crippen LogP contribution in [0, 0.1) is 0 Å². The Bertz CT molecular complexity index is 1060. The lowest BCUT2D eigenvalue weighted by molar-refractivity contribution is -0.161. The first kappa shape index (κ1) is 48.1. The number of rotatable bonds is 32. The Morgan fingerprint density at radius 3 is 1.32 bits per heavy atom. The van der Waals surface area contributed by atoms with E-state index < -0.39 is 97.5 Å². The fourth-order valence-corrected chi connectivity index (χ4v) is 5.40. The zero-order chi connectivity index (χ0) is 37.8. The summed E-state index contributed by atoms with van der Waals surface area (Å²) < 4.78 is 64.6. The Kier molecular flexibility index (Phi) is 27.5. The molecule has 0 fully saturated rings. The average molecular weight is 765 g/mol.